The lowest BCUT2D eigenvalue weighted by Crippen LogP contribution is -2.14. The van der Waals surface area contributed by atoms with Gasteiger partial charge in [-0.05, 0) is 52.7 Å². The fourth-order valence-corrected chi connectivity index (χ4v) is 2.76. The van der Waals surface area contributed by atoms with Crippen LogP contribution in [0.25, 0.3) is 0 Å². The van der Waals surface area contributed by atoms with Gasteiger partial charge in [0.2, 0.25) is 10.0 Å². The van der Waals surface area contributed by atoms with Crippen molar-refractivity contribution in [1.29, 1.82) is 0 Å². The predicted molar refractivity (Wildman–Crippen MR) is 81.8 cm³/mol. The maximum atomic E-state index is 11.5. The van der Waals surface area contributed by atoms with Crippen LogP contribution in [0.15, 0.2) is 45.9 Å². The van der Waals surface area contributed by atoms with Crippen LogP contribution in [0.5, 0.6) is 0 Å². The van der Waals surface area contributed by atoms with Crippen molar-refractivity contribution in [2.24, 2.45) is 5.14 Å². The molecule has 0 atom stereocenters. The number of rotatable bonds is 4. The molecule has 1 heterocycles. The Kier molecular flexibility index (Phi) is 4.42. The van der Waals surface area contributed by atoms with Crippen molar-refractivity contribution in [2.75, 3.05) is 5.32 Å². The maximum Gasteiger partial charge on any atom is 0.238 e. The number of pyridine rings is 1. The highest BCUT2D eigenvalue weighted by atomic mass is 79.9. The lowest BCUT2D eigenvalue weighted by molar-refractivity contribution is 0.597. The van der Waals surface area contributed by atoms with Crippen molar-refractivity contribution < 1.29 is 8.42 Å². The van der Waals surface area contributed by atoms with E-state index in [-0.39, 0.29) is 4.90 Å². The van der Waals surface area contributed by atoms with Gasteiger partial charge in [-0.15, -0.1) is 0 Å². The van der Waals surface area contributed by atoms with Crippen LogP contribution in [0.3, 0.4) is 0 Å². The van der Waals surface area contributed by atoms with Gasteiger partial charge < -0.3 is 5.32 Å². The molecule has 7 heteroatoms. The van der Waals surface area contributed by atoms with Crippen molar-refractivity contribution in [2.45, 2.75) is 18.4 Å². The number of nitrogens with one attached hydrogen (secondary N) is 1. The standard InChI is InChI=1S/C13H14BrN3O2S/c1-9-2-4-11(6-13(9)20(15,18)19)17-8-12-5-3-10(14)7-16-12/h2-7,17H,8H2,1H3,(H2,15,18,19). The predicted octanol–water partition coefficient (Wildman–Crippen LogP) is 2.41. The quantitative estimate of drug-likeness (QED) is 0.881. The zero-order valence-corrected chi connectivity index (χ0v) is 13.2. The van der Waals surface area contributed by atoms with E-state index in [1.165, 1.54) is 6.07 Å². The molecular formula is C13H14BrN3O2S. The number of anilines is 1. The Hall–Kier alpha value is -1.44. The minimum atomic E-state index is -3.71. The molecule has 0 unspecified atom stereocenters. The van der Waals surface area contributed by atoms with Gasteiger partial charge in [-0.3, -0.25) is 4.98 Å². The number of aryl methyl sites for hydroxylation is 1. The van der Waals surface area contributed by atoms with Crippen LogP contribution in [0.1, 0.15) is 11.3 Å². The molecule has 0 saturated heterocycles. The van der Waals surface area contributed by atoms with E-state index in [9.17, 15) is 8.42 Å². The summed E-state index contributed by atoms with van der Waals surface area (Å²) in [4.78, 5) is 4.36. The van der Waals surface area contributed by atoms with Crippen LogP contribution in [-0.2, 0) is 16.6 Å². The van der Waals surface area contributed by atoms with Crippen LogP contribution in [-0.4, -0.2) is 13.4 Å². The molecule has 20 heavy (non-hydrogen) atoms. The van der Waals surface area contributed by atoms with E-state index < -0.39 is 10.0 Å². The Balaban J connectivity index is 2.16. The van der Waals surface area contributed by atoms with Gasteiger partial charge in [0, 0.05) is 16.4 Å². The molecule has 106 valence electrons. The molecule has 3 N–H and O–H groups in total. The molecule has 0 fully saturated rings. The fraction of sp³-hybridized carbons (Fsp3) is 0.154. The van der Waals surface area contributed by atoms with Crippen LogP contribution >= 0.6 is 15.9 Å². The third-order valence-electron chi connectivity index (χ3n) is 2.76. The smallest absolute Gasteiger partial charge is 0.238 e. The molecule has 1 aromatic heterocycles. The average Bonchev–Trinajstić information content (AvgIpc) is 2.38. The monoisotopic (exact) mass is 355 g/mol. The van der Waals surface area contributed by atoms with Crippen molar-refractivity contribution in [3.05, 3.63) is 52.3 Å². The molecule has 0 radical (unpaired) electrons. The summed E-state index contributed by atoms with van der Waals surface area (Å²) >= 11 is 3.32. The number of nitrogens with zero attached hydrogens (tertiary/aromatic N) is 1. The van der Waals surface area contributed by atoms with Crippen LogP contribution in [0.2, 0.25) is 0 Å². The number of nitrogens with two attached hydrogens (primary N) is 1. The molecule has 2 rings (SSSR count). The largest absolute Gasteiger partial charge is 0.379 e. The molecule has 1 aromatic carbocycles. The molecule has 2 aromatic rings. The van der Waals surface area contributed by atoms with Gasteiger partial charge in [-0.1, -0.05) is 6.07 Å². The number of hydrogen-bond acceptors (Lipinski definition) is 4. The Morgan fingerprint density at radius 1 is 1.30 bits per heavy atom. The zero-order chi connectivity index (χ0) is 14.8. The second kappa shape index (κ2) is 5.90. The maximum absolute atomic E-state index is 11.5. The number of aromatic nitrogens is 1. The van der Waals surface area contributed by atoms with E-state index >= 15 is 0 Å². The van der Waals surface area contributed by atoms with Crippen LogP contribution in [0, 0.1) is 6.92 Å². The molecule has 0 amide bonds. The molecule has 0 aliphatic carbocycles. The Morgan fingerprint density at radius 2 is 2.05 bits per heavy atom. The van der Waals surface area contributed by atoms with Crippen molar-refractivity contribution in [1.82, 2.24) is 4.98 Å². The van der Waals surface area contributed by atoms with E-state index in [1.807, 2.05) is 18.2 Å². The van der Waals surface area contributed by atoms with Crippen molar-refractivity contribution in [3.63, 3.8) is 0 Å². The molecule has 0 saturated carbocycles. The minimum absolute atomic E-state index is 0.131. The normalized spacial score (nSPS) is 11.3. The Bertz CT molecular complexity index is 715. The molecule has 0 spiro atoms. The summed E-state index contributed by atoms with van der Waals surface area (Å²) in [5, 5.41) is 8.30. The van der Waals surface area contributed by atoms with Gasteiger partial charge in [0.05, 0.1) is 17.1 Å². The summed E-state index contributed by atoms with van der Waals surface area (Å²) in [7, 11) is -3.71. The number of primary sulfonamides is 1. The van der Waals surface area contributed by atoms with Gasteiger partial charge in [-0.25, -0.2) is 13.6 Å². The second-order valence-electron chi connectivity index (χ2n) is 4.35. The summed E-state index contributed by atoms with van der Waals surface area (Å²) in [5.41, 5.74) is 2.16. The third-order valence-corrected chi connectivity index (χ3v) is 4.28. The molecule has 0 aliphatic heterocycles. The van der Waals surface area contributed by atoms with Gasteiger partial charge in [0.1, 0.15) is 0 Å². The molecule has 0 aliphatic rings. The SMILES string of the molecule is Cc1ccc(NCc2ccc(Br)cn2)cc1S(N)(=O)=O. The zero-order valence-electron chi connectivity index (χ0n) is 10.8. The number of halogens is 1. The first-order valence-electron chi connectivity index (χ1n) is 5.84. The van der Waals surface area contributed by atoms with E-state index in [1.54, 1.807) is 19.2 Å². The van der Waals surface area contributed by atoms with Gasteiger partial charge in [0.15, 0.2) is 0 Å². The number of sulfonamides is 1. The molecule has 0 bridgehead atoms. The first kappa shape index (κ1) is 15.0. The van der Waals surface area contributed by atoms with E-state index in [0.717, 1.165) is 10.2 Å². The van der Waals surface area contributed by atoms with Crippen LogP contribution in [0.4, 0.5) is 5.69 Å². The first-order chi connectivity index (χ1) is 9.36. The second-order valence-corrected chi connectivity index (χ2v) is 6.79. The Labute approximate surface area is 126 Å². The molecular weight excluding hydrogens is 342 g/mol. The number of benzene rings is 1. The van der Waals surface area contributed by atoms with Gasteiger partial charge >= 0.3 is 0 Å². The lowest BCUT2D eigenvalue weighted by Gasteiger charge is -2.09. The highest BCUT2D eigenvalue weighted by molar-refractivity contribution is 9.10. The van der Waals surface area contributed by atoms with E-state index in [2.05, 4.69) is 26.2 Å². The van der Waals surface area contributed by atoms with Crippen molar-refractivity contribution in [3.8, 4) is 0 Å². The summed E-state index contributed by atoms with van der Waals surface area (Å²) in [5.74, 6) is 0. The van der Waals surface area contributed by atoms with Gasteiger partial charge in [-0.2, -0.15) is 0 Å². The highest BCUT2D eigenvalue weighted by Crippen LogP contribution is 2.19. The lowest BCUT2D eigenvalue weighted by atomic mass is 10.2. The average molecular weight is 356 g/mol. The summed E-state index contributed by atoms with van der Waals surface area (Å²) in [6.45, 7) is 2.21. The van der Waals surface area contributed by atoms with Crippen LogP contribution < -0.4 is 10.5 Å². The molecule has 5 nitrogen and oxygen atoms in total. The fourth-order valence-electron chi connectivity index (χ4n) is 1.72. The first-order valence-corrected chi connectivity index (χ1v) is 8.18. The van der Waals surface area contributed by atoms with Crippen molar-refractivity contribution >= 4 is 31.6 Å². The highest BCUT2D eigenvalue weighted by Gasteiger charge is 2.11. The Morgan fingerprint density at radius 3 is 2.65 bits per heavy atom. The topological polar surface area (TPSA) is 85.1 Å². The minimum Gasteiger partial charge on any atom is -0.379 e. The summed E-state index contributed by atoms with van der Waals surface area (Å²) < 4.78 is 23.8. The third kappa shape index (κ3) is 3.78. The number of hydrogen-bond donors (Lipinski definition) is 2. The van der Waals surface area contributed by atoms with E-state index in [0.29, 0.717) is 17.8 Å². The summed E-state index contributed by atoms with van der Waals surface area (Å²) in [6.07, 6.45) is 1.71. The van der Waals surface area contributed by atoms with Gasteiger partial charge in [0.25, 0.3) is 0 Å². The van der Waals surface area contributed by atoms with E-state index in [4.69, 9.17) is 5.14 Å². The summed E-state index contributed by atoms with van der Waals surface area (Å²) in [6, 6.07) is 8.84.